The van der Waals surface area contributed by atoms with Gasteiger partial charge in [-0.2, -0.15) is 5.10 Å². The molecule has 1 saturated heterocycles. The van der Waals surface area contributed by atoms with Crippen molar-refractivity contribution in [1.29, 1.82) is 0 Å². The second kappa shape index (κ2) is 7.15. The second-order valence-electron chi connectivity index (χ2n) is 8.06. The Morgan fingerprint density at radius 1 is 1.21 bits per heavy atom. The zero-order valence-corrected chi connectivity index (χ0v) is 17.1. The molecule has 0 radical (unpaired) electrons. The minimum atomic E-state index is 0.348. The van der Waals surface area contributed by atoms with E-state index < -0.39 is 0 Å². The van der Waals surface area contributed by atoms with Crippen molar-refractivity contribution in [3.05, 3.63) is 41.9 Å². The number of aromatic amines is 1. The number of aromatic nitrogens is 5. The van der Waals surface area contributed by atoms with Gasteiger partial charge in [-0.25, -0.2) is 14.5 Å². The molecule has 150 valence electrons. The average Bonchev–Trinajstić information content (AvgIpc) is 3.37. The van der Waals surface area contributed by atoms with Crippen molar-refractivity contribution in [2.24, 2.45) is 0 Å². The van der Waals surface area contributed by atoms with E-state index in [2.05, 4.69) is 52.4 Å². The molecule has 7 nitrogen and oxygen atoms in total. The SMILES string of the molecule is COc1nc(-c2[nH]c3ccc(C4CCNCC4)cc3c2C(C)C)cn2ncnc12. The van der Waals surface area contributed by atoms with Crippen LogP contribution >= 0.6 is 0 Å². The summed E-state index contributed by atoms with van der Waals surface area (Å²) in [5.74, 6) is 1.45. The van der Waals surface area contributed by atoms with E-state index in [1.54, 1.807) is 11.6 Å². The number of fused-ring (bicyclic) bond motifs is 2. The lowest BCUT2D eigenvalue weighted by Crippen LogP contribution is -2.26. The van der Waals surface area contributed by atoms with Crippen LogP contribution in [-0.2, 0) is 0 Å². The number of H-pyrrole nitrogens is 1. The summed E-state index contributed by atoms with van der Waals surface area (Å²) in [5, 5.41) is 9.03. The number of ether oxygens (including phenoxy) is 1. The zero-order chi connectivity index (χ0) is 20.0. The van der Waals surface area contributed by atoms with Crippen LogP contribution < -0.4 is 10.1 Å². The van der Waals surface area contributed by atoms with Crippen molar-refractivity contribution < 1.29 is 4.74 Å². The molecule has 5 rings (SSSR count). The average molecular weight is 390 g/mol. The van der Waals surface area contributed by atoms with Crippen molar-refractivity contribution in [3.63, 3.8) is 0 Å². The molecule has 1 aromatic carbocycles. The number of benzene rings is 1. The third-order valence-corrected chi connectivity index (χ3v) is 5.93. The summed E-state index contributed by atoms with van der Waals surface area (Å²) in [5.41, 5.74) is 6.30. The number of nitrogens with one attached hydrogen (secondary N) is 2. The summed E-state index contributed by atoms with van der Waals surface area (Å²) in [6.45, 7) is 6.66. The van der Waals surface area contributed by atoms with E-state index in [1.807, 2.05) is 6.20 Å². The van der Waals surface area contributed by atoms with Crippen molar-refractivity contribution in [2.45, 2.75) is 38.5 Å². The van der Waals surface area contributed by atoms with E-state index in [-0.39, 0.29) is 0 Å². The largest absolute Gasteiger partial charge is 0.478 e. The van der Waals surface area contributed by atoms with E-state index in [0.29, 0.717) is 23.4 Å². The van der Waals surface area contributed by atoms with Crippen LogP contribution in [0, 0.1) is 0 Å². The molecule has 4 aromatic rings. The molecule has 1 fully saturated rings. The van der Waals surface area contributed by atoms with Gasteiger partial charge in [-0.1, -0.05) is 19.9 Å². The summed E-state index contributed by atoms with van der Waals surface area (Å²) >= 11 is 0. The second-order valence-corrected chi connectivity index (χ2v) is 8.06. The number of rotatable bonds is 4. The van der Waals surface area contributed by atoms with Gasteiger partial charge in [0.05, 0.1) is 19.0 Å². The fraction of sp³-hybridized carbons (Fsp3) is 0.409. The van der Waals surface area contributed by atoms with Gasteiger partial charge in [-0.15, -0.1) is 0 Å². The number of piperidine rings is 1. The number of nitrogens with zero attached hydrogens (tertiary/aromatic N) is 4. The monoisotopic (exact) mass is 390 g/mol. The Hall–Kier alpha value is -2.93. The predicted molar refractivity (Wildman–Crippen MR) is 114 cm³/mol. The Balaban J connectivity index is 1.68. The van der Waals surface area contributed by atoms with Crippen molar-refractivity contribution in [1.82, 2.24) is 29.9 Å². The maximum absolute atomic E-state index is 5.47. The maximum Gasteiger partial charge on any atom is 0.260 e. The first-order chi connectivity index (χ1) is 14.2. The standard InChI is InChI=1S/C22H26N6O/c1-13(2)19-16-10-15(14-6-8-23-9-7-14)4-5-17(16)26-20(19)18-11-28-21(24-12-25-28)22(27-18)29-3/h4-5,10-14,23,26H,6-9H2,1-3H3. The molecule has 1 aliphatic rings. The van der Waals surface area contributed by atoms with Gasteiger partial charge >= 0.3 is 0 Å². The Morgan fingerprint density at radius 3 is 2.79 bits per heavy atom. The van der Waals surface area contributed by atoms with Gasteiger partial charge in [0.1, 0.15) is 12.0 Å². The molecule has 3 aromatic heterocycles. The third kappa shape index (κ3) is 3.06. The van der Waals surface area contributed by atoms with Gasteiger partial charge in [0, 0.05) is 10.9 Å². The number of hydrogen-bond donors (Lipinski definition) is 2. The molecule has 0 saturated carbocycles. The fourth-order valence-electron chi connectivity index (χ4n) is 4.50. The van der Waals surface area contributed by atoms with E-state index in [4.69, 9.17) is 9.72 Å². The van der Waals surface area contributed by atoms with Gasteiger partial charge in [-0.05, 0) is 61.0 Å². The lowest BCUT2D eigenvalue weighted by atomic mass is 9.88. The van der Waals surface area contributed by atoms with Crippen LogP contribution in [-0.4, -0.2) is 44.8 Å². The minimum absolute atomic E-state index is 0.348. The summed E-state index contributed by atoms with van der Waals surface area (Å²) in [6.07, 6.45) is 5.82. The molecule has 0 unspecified atom stereocenters. The quantitative estimate of drug-likeness (QED) is 0.553. The molecule has 0 aliphatic carbocycles. The van der Waals surface area contributed by atoms with Crippen LogP contribution in [0.5, 0.6) is 5.88 Å². The summed E-state index contributed by atoms with van der Waals surface area (Å²) < 4.78 is 7.19. The molecule has 0 spiro atoms. The van der Waals surface area contributed by atoms with Crippen LogP contribution in [0.2, 0.25) is 0 Å². The molecular weight excluding hydrogens is 364 g/mol. The number of methoxy groups -OCH3 is 1. The first-order valence-electron chi connectivity index (χ1n) is 10.3. The van der Waals surface area contributed by atoms with Crippen molar-refractivity contribution in [3.8, 4) is 17.3 Å². The van der Waals surface area contributed by atoms with Crippen molar-refractivity contribution >= 4 is 16.6 Å². The van der Waals surface area contributed by atoms with E-state index in [9.17, 15) is 0 Å². The summed E-state index contributed by atoms with van der Waals surface area (Å²) in [6, 6.07) is 6.87. The number of hydrogen-bond acceptors (Lipinski definition) is 5. The normalized spacial score (nSPS) is 15.6. The predicted octanol–water partition coefficient (Wildman–Crippen LogP) is 3.87. The Kier molecular flexibility index (Phi) is 4.47. The van der Waals surface area contributed by atoms with Crippen LogP contribution in [0.25, 0.3) is 27.9 Å². The highest BCUT2D eigenvalue weighted by Crippen LogP contribution is 2.37. The van der Waals surface area contributed by atoms with Crippen LogP contribution in [0.3, 0.4) is 0 Å². The first kappa shape index (κ1) is 18.1. The molecule has 2 N–H and O–H groups in total. The van der Waals surface area contributed by atoms with Gasteiger partial charge in [-0.3, -0.25) is 0 Å². The smallest absolute Gasteiger partial charge is 0.260 e. The van der Waals surface area contributed by atoms with Gasteiger partial charge in [0.2, 0.25) is 5.65 Å². The van der Waals surface area contributed by atoms with Crippen LogP contribution in [0.1, 0.15) is 49.7 Å². The third-order valence-electron chi connectivity index (χ3n) is 5.93. The van der Waals surface area contributed by atoms with Gasteiger partial charge < -0.3 is 15.0 Å². The molecule has 29 heavy (non-hydrogen) atoms. The molecule has 0 atom stereocenters. The lowest BCUT2D eigenvalue weighted by Gasteiger charge is -2.23. The molecule has 0 bridgehead atoms. The Labute approximate surface area is 169 Å². The van der Waals surface area contributed by atoms with Crippen molar-refractivity contribution in [2.75, 3.05) is 20.2 Å². The van der Waals surface area contributed by atoms with Crippen LogP contribution in [0.4, 0.5) is 0 Å². The van der Waals surface area contributed by atoms with Gasteiger partial charge in [0.15, 0.2) is 0 Å². The topological polar surface area (TPSA) is 80.1 Å². The highest BCUT2D eigenvalue weighted by molar-refractivity contribution is 5.91. The van der Waals surface area contributed by atoms with E-state index >= 15 is 0 Å². The zero-order valence-electron chi connectivity index (χ0n) is 17.1. The molecular formula is C22H26N6O. The molecule has 7 heteroatoms. The highest BCUT2D eigenvalue weighted by atomic mass is 16.5. The maximum atomic E-state index is 5.47. The Bertz CT molecular complexity index is 1170. The van der Waals surface area contributed by atoms with E-state index in [0.717, 1.165) is 30.0 Å². The van der Waals surface area contributed by atoms with Gasteiger partial charge in [0.25, 0.3) is 5.88 Å². The first-order valence-corrected chi connectivity index (χ1v) is 10.3. The highest BCUT2D eigenvalue weighted by Gasteiger charge is 2.21. The molecule has 1 aliphatic heterocycles. The van der Waals surface area contributed by atoms with E-state index in [1.165, 1.54) is 35.7 Å². The lowest BCUT2D eigenvalue weighted by molar-refractivity contribution is 0.400. The molecule has 4 heterocycles. The molecule has 0 amide bonds. The fourth-order valence-corrected chi connectivity index (χ4v) is 4.50. The summed E-state index contributed by atoms with van der Waals surface area (Å²) in [7, 11) is 1.61. The summed E-state index contributed by atoms with van der Waals surface area (Å²) in [4.78, 5) is 12.6. The Morgan fingerprint density at radius 2 is 2.03 bits per heavy atom. The minimum Gasteiger partial charge on any atom is -0.478 e. The van der Waals surface area contributed by atoms with Crippen LogP contribution in [0.15, 0.2) is 30.7 Å².